The Bertz CT molecular complexity index is 1250. The largest absolute Gasteiger partial charge is 0.343 e. The molecule has 7 heteroatoms. The molecule has 33 heavy (non-hydrogen) atoms. The molecule has 1 N–H and O–H groups in total. The zero-order chi connectivity index (χ0) is 24.3. The molecule has 0 saturated carbocycles. The molecule has 2 aliphatic rings. The van der Waals surface area contributed by atoms with Gasteiger partial charge < -0.3 is 4.90 Å². The maximum absolute atomic E-state index is 13.4. The van der Waals surface area contributed by atoms with Crippen molar-refractivity contribution < 1.29 is 13.2 Å². The van der Waals surface area contributed by atoms with E-state index in [0.29, 0.717) is 34.7 Å². The Morgan fingerprint density at radius 3 is 2.55 bits per heavy atom. The lowest BCUT2D eigenvalue weighted by molar-refractivity contribution is 0.0962. The van der Waals surface area contributed by atoms with Crippen molar-refractivity contribution in [3.8, 4) is 0 Å². The summed E-state index contributed by atoms with van der Waals surface area (Å²) in [5, 5.41) is 8.56. The van der Waals surface area contributed by atoms with Gasteiger partial charge in [0.25, 0.3) is 0 Å². The van der Waals surface area contributed by atoms with Crippen molar-refractivity contribution in [1.29, 1.82) is 5.41 Å². The summed E-state index contributed by atoms with van der Waals surface area (Å²) in [6.07, 6.45) is 1.32. The van der Waals surface area contributed by atoms with Crippen LogP contribution in [-0.4, -0.2) is 42.2 Å². The van der Waals surface area contributed by atoms with E-state index in [-0.39, 0.29) is 29.3 Å². The van der Waals surface area contributed by atoms with Crippen molar-refractivity contribution in [3.05, 3.63) is 57.9 Å². The molecule has 2 aromatic rings. The van der Waals surface area contributed by atoms with Crippen molar-refractivity contribution in [2.24, 2.45) is 0 Å². The third-order valence-corrected chi connectivity index (χ3v) is 8.69. The number of rotatable bonds is 4. The lowest BCUT2D eigenvalue weighted by atomic mass is 9.76. The van der Waals surface area contributed by atoms with Crippen LogP contribution in [0, 0.1) is 5.41 Å². The first-order valence-corrected chi connectivity index (χ1v) is 13.2. The fraction of sp³-hybridized carbons (Fsp3) is 0.500. The first-order chi connectivity index (χ1) is 15.2. The van der Waals surface area contributed by atoms with Gasteiger partial charge in [-0.2, -0.15) is 0 Å². The smallest absolute Gasteiger partial charge is 0.182 e. The van der Waals surface area contributed by atoms with Gasteiger partial charge in [-0.25, -0.2) is 13.4 Å². The van der Waals surface area contributed by atoms with Crippen LogP contribution in [0.4, 0.5) is 0 Å². The number of Topliss-reactive ketones (excluding diaryl/α,β-unsaturated/α-hetero) is 1. The predicted molar refractivity (Wildman–Crippen MR) is 130 cm³/mol. The van der Waals surface area contributed by atoms with Gasteiger partial charge in [0.05, 0.1) is 17.2 Å². The molecular weight excluding hydrogens is 434 g/mol. The van der Waals surface area contributed by atoms with Gasteiger partial charge in [-0.05, 0) is 53.0 Å². The van der Waals surface area contributed by atoms with Gasteiger partial charge in [-0.15, -0.1) is 0 Å². The topological polar surface area (TPSA) is 91.2 Å². The average Bonchev–Trinajstić information content (AvgIpc) is 3.04. The molecule has 0 atom stereocenters. The second-order valence-electron chi connectivity index (χ2n) is 10.9. The van der Waals surface area contributed by atoms with E-state index in [1.165, 1.54) is 0 Å². The molecule has 1 aromatic carbocycles. The summed E-state index contributed by atoms with van der Waals surface area (Å²) < 4.78 is 26.2. The van der Waals surface area contributed by atoms with Crippen LogP contribution in [-0.2, 0) is 33.6 Å². The predicted octanol–water partition coefficient (Wildman–Crippen LogP) is 4.42. The van der Waals surface area contributed by atoms with E-state index >= 15 is 0 Å². The van der Waals surface area contributed by atoms with Gasteiger partial charge in [0.1, 0.15) is 11.5 Å². The summed E-state index contributed by atoms with van der Waals surface area (Å²) in [7, 11) is -3.41. The molecule has 1 aromatic heterocycles. The Kier molecular flexibility index (Phi) is 5.55. The standard InChI is InChI=1S/C26H33N3O3S/c1-7-18-9-8-16-14-29(24(27)22(16)28-18)15-21(30)17-12-19(25(2,3)4)23-20(13-17)26(5,6)10-11-33(23,31)32/h8-9,12-13,27H,7,10-11,14-15H2,1-6H3. The highest BCUT2D eigenvalue weighted by Crippen LogP contribution is 2.44. The van der Waals surface area contributed by atoms with Crippen LogP contribution in [0.15, 0.2) is 29.2 Å². The van der Waals surface area contributed by atoms with Gasteiger partial charge in [-0.1, -0.05) is 47.6 Å². The molecule has 6 nitrogen and oxygen atoms in total. The Hall–Kier alpha value is -2.54. The molecule has 0 bridgehead atoms. The zero-order valence-electron chi connectivity index (χ0n) is 20.4. The van der Waals surface area contributed by atoms with Gasteiger partial charge in [0, 0.05) is 23.4 Å². The maximum atomic E-state index is 13.4. The molecule has 0 radical (unpaired) electrons. The molecule has 0 unspecified atom stereocenters. The van der Waals surface area contributed by atoms with Gasteiger partial charge in [0.2, 0.25) is 0 Å². The van der Waals surface area contributed by atoms with E-state index < -0.39 is 15.3 Å². The number of hydrogen-bond acceptors (Lipinski definition) is 5. The summed E-state index contributed by atoms with van der Waals surface area (Å²) in [5.41, 5.74) is 3.71. The number of benzene rings is 1. The summed E-state index contributed by atoms with van der Waals surface area (Å²) in [4.78, 5) is 20.2. The monoisotopic (exact) mass is 467 g/mol. The number of nitrogens with one attached hydrogen (secondary N) is 1. The van der Waals surface area contributed by atoms with E-state index in [2.05, 4.69) is 4.98 Å². The number of aryl methyl sites for hydroxylation is 1. The maximum Gasteiger partial charge on any atom is 0.182 e. The lowest BCUT2D eigenvalue weighted by Gasteiger charge is -2.36. The minimum Gasteiger partial charge on any atom is -0.343 e. The zero-order valence-corrected chi connectivity index (χ0v) is 21.2. The van der Waals surface area contributed by atoms with Crippen molar-refractivity contribution in [3.63, 3.8) is 0 Å². The molecule has 0 aliphatic carbocycles. The number of aromatic nitrogens is 1. The SMILES string of the molecule is CCc1ccc2c(n1)C(=N)N(CC(=O)c1cc(C(C)(C)C)c3c(c1)C(C)(C)CCS3(=O)=O)C2. The Balaban J connectivity index is 1.73. The number of ketones is 1. The van der Waals surface area contributed by atoms with E-state index in [0.717, 1.165) is 23.2 Å². The Morgan fingerprint density at radius 1 is 1.21 bits per heavy atom. The highest BCUT2D eigenvalue weighted by molar-refractivity contribution is 7.91. The van der Waals surface area contributed by atoms with E-state index in [1.54, 1.807) is 17.0 Å². The average molecular weight is 468 g/mol. The number of amidine groups is 1. The number of pyridine rings is 1. The van der Waals surface area contributed by atoms with Crippen molar-refractivity contribution >= 4 is 21.5 Å². The molecule has 0 fully saturated rings. The minimum atomic E-state index is -3.41. The van der Waals surface area contributed by atoms with Crippen molar-refractivity contribution in [1.82, 2.24) is 9.88 Å². The van der Waals surface area contributed by atoms with Crippen LogP contribution < -0.4 is 0 Å². The summed E-state index contributed by atoms with van der Waals surface area (Å²) >= 11 is 0. The van der Waals surface area contributed by atoms with E-state index in [4.69, 9.17) is 5.41 Å². The van der Waals surface area contributed by atoms with Crippen LogP contribution >= 0.6 is 0 Å². The van der Waals surface area contributed by atoms with Crippen molar-refractivity contribution in [2.75, 3.05) is 12.3 Å². The molecule has 4 rings (SSSR count). The highest BCUT2D eigenvalue weighted by Gasteiger charge is 2.40. The number of carbonyl (C=O) groups is 1. The van der Waals surface area contributed by atoms with Gasteiger partial charge in [0.15, 0.2) is 15.6 Å². The highest BCUT2D eigenvalue weighted by atomic mass is 32.2. The van der Waals surface area contributed by atoms with E-state index in [9.17, 15) is 13.2 Å². The Morgan fingerprint density at radius 2 is 1.91 bits per heavy atom. The van der Waals surface area contributed by atoms with E-state index in [1.807, 2.05) is 53.7 Å². The first kappa shape index (κ1) is 23.6. The third-order valence-electron chi connectivity index (χ3n) is 6.89. The number of nitrogens with zero attached hydrogens (tertiary/aromatic N) is 2. The number of hydrogen-bond donors (Lipinski definition) is 1. The van der Waals surface area contributed by atoms with Gasteiger partial charge in [-0.3, -0.25) is 10.2 Å². The summed E-state index contributed by atoms with van der Waals surface area (Å²) in [5.74, 6) is 0.278. The quantitative estimate of drug-likeness (QED) is 0.672. The third kappa shape index (κ3) is 4.12. The molecule has 176 valence electrons. The fourth-order valence-corrected chi connectivity index (χ4v) is 7.06. The number of fused-ring (bicyclic) bond motifs is 2. The molecule has 0 amide bonds. The Labute approximate surface area is 196 Å². The number of sulfone groups is 1. The molecule has 0 spiro atoms. The lowest BCUT2D eigenvalue weighted by Crippen LogP contribution is -2.35. The second-order valence-corrected chi connectivity index (χ2v) is 12.9. The van der Waals surface area contributed by atoms with Gasteiger partial charge >= 0.3 is 0 Å². The molecule has 0 saturated heterocycles. The van der Waals surface area contributed by atoms with Crippen LogP contribution in [0.1, 0.15) is 86.4 Å². The molecule has 2 aliphatic heterocycles. The van der Waals surface area contributed by atoms with Crippen LogP contribution in [0.25, 0.3) is 0 Å². The van der Waals surface area contributed by atoms with Crippen LogP contribution in [0.5, 0.6) is 0 Å². The summed E-state index contributed by atoms with van der Waals surface area (Å²) in [6, 6.07) is 7.51. The normalized spacial score (nSPS) is 18.7. The first-order valence-electron chi connectivity index (χ1n) is 11.5. The second kappa shape index (κ2) is 7.76. The number of carbonyl (C=O) groups excluding carboxylic acids is 1. The molecule has 3 heterocycles. The van der Waals surface area contributed by atoms with Crippen molar-refractivity contribution in [2.45, 2.75) is 76.7 Å². The minimum absolute atomic E-state index is 0.0617. The summed E-state index contributed by atoms with van der Waals surface area (Å²) in [6.45, 7) is 12.6. The van der Waals surface area contributed by atoms with Crippen LogP contribution in [0.3, 0.4) is 0 Å². The van der Waals surface area contributed by atoms with Crippen LogP contribution in [0.2, 0.25) is 0 Å². The fourth-order valence-electron chi connectivity index (χ4n) is 4.70. The molecular formula is C26H33N3O3S.